The number of benzene rings is 1. The van der Waals surface area contributed by atoms with Crippen molar-refractivity contribution in [3.63, 3.8) is 0 Å². The van der Waals surface area contributed by atoms with Crippen molar-refractivity contribution in [3.05, 3.63) is 30.3 Å². The highest BCUT2D eigenvalue weighted by molar-refractivity contribution is 7.92. The van der Waals surface area contributed by atoms with Crippen LogP contribution in [0.1, 0.15) is 13.8 Å². The molecule has 0 spiro atoms. The third kappa shape index (κ3) is 3.71. The van der Waals surface area contributed by atoms with Crippen molar-refractivity contribution in [1.29, 1.82) is 0 Å². The summed E-state index contributed by atoms with van der Waals surface area (Å²) in [6.07, 6.45) is 0. The Morgan fingerprint density at radius 2 is 1.72 bits per heavy atom. The van der Waals surface area contributed by atoms with Crippen molar-refractivity contribution in [2.75, 3.05) is 30.7 Å². The van der Waals surface area contributed by atoms with Crippen LogP contribution in [-0.4, -0.2) is 45.8 Å². The van der Waals surface area contributed by atoms with Crippen LogP contribution in [0.25, 0.3) is 0 Å². The molecule has 1 aromatic rings. The summed E-state index contributed by atoms with van der Waals surface area (Å²) >= 11 is 0. The minimum Gasteiger partial charge on any atom is -0.305 e. The second-order valence-electron chi connectivity index (χ2n) is 4.58. The molecule has 4 nitrogen and oxygen atoms in total. The summed E-state index contributed by atoms with van der Waals surface area (Å²) in [5, 5.41) is 0. The van der Waals surface area contributed by atoms with Gasteiger partial charge in [-0.15, -0.1) is 0 Å². The Morgan fingerprint density at radius 3 is 2.17 bits per heavy atom. The van der Waals surface area contributed by atoms with Gasteiger partial charge in [-0.05, 0) is 40.1 Å². The monoisotopic (exact) mass is 270 g/mol. The van der Waals surface area contributed by atoms with E-state index in [1.54, 1.807) is 6.92 Å². The van der Waals surface area contributed by atoms with Crippen LogP contribution in [0, 0.1) is 0 Å². The zero-order valence-corrected chi connectivity index (χ0v) is 12.3. The van der Waals surface area contributed by atoms with Crippen LogP contribution in [0.4, 0.5) is 5.69 Å². The summed E-state index contributed by atoms with van der Waals surface area (Å²) < 4.78 is 25.8. The second-order valence-corrected chi connectivity index (χ2v) is 6.76. The summed E-state index contributed by atoms with van der Waals surface area (Å²) in [5.74, 6) is 0.113. The SMILES string of the molecule is CCS(=O)(=O)N(CC(C)N(C)C)c1ccccc1. The van der Waals surface area contributed by atoms with Crippen molar-refractivity contribution < 1.29 is 8.42 Å². The fourth-order valence-corrected chi connectivity index (χ4v) is 2.73. The maximum absolute atomic E-state index is 12.2. The zero-order valence-electron chi connectivity index (χ0n) is 11.5. The lowest BCUT2D eigenvalue weighted by molar-refractivity contribution is 0.321. The van der Waals surface area contributed by atoms with Gasteiger partial charge in [0.05, 0.1) is 11.4 Å². The molecule has 0 heterocycles. The predicted octanol–water partition coefficient (Wildman–Crippen LogP) is 1.79. The molecule has 102 valence electrons. The first-order chi connectivity index (χ1) is 8.38. The molecule has 0 radical (unpaired) electrons. The fraction of sp³-hybridized carbons (Fsp3) is 0.538. The normalized spacial score (nSPS) is 13.6. The van der Waals surface area contributed by atoms with Gasteiger partial charge in [0.25, 0.3) is 0 Å². The van der Waals surface area contributed by atoms with E-state index < -0.39 is 10.0 Å². The third-order valence-electron chi connectivity index (χ3n) is 3.06. The molecule has 0 fully saturated rings. The van der Waals surface area contributed by atoms with E-state index >= 15 is 0 Å². The van der Waals surface area contributed by atoms with Crippen LogP contribution in [0.2, 0.25) is 0 Å². The Bertz CT molecular complexity index is 457. The Hall–Kier alpha value is -1.07. The Morgan fingerprint density at radius 1 is 1.17 bits per heavy atom. The van der Waals surface area contributed by atoms with E-state index in [0.717, 1.165) is 5.69 Å². The van der Waals surface area contributed by atoms with Gasteiger partial charge in [0.1, 0.15) is 0 Å². The molecule has 1 atom stereocenters. The minimum absolute atomic E-state index is 0.113. The first kappa shape index (κ1) is 15.0. The summed E-state index contributed by atoms with van der Waals surface area (Å²) in [5.41, 5.74) is 0.730. The number of likely N-dealkylation sites (N-methyl/N-ethyl adjacent to an activating group) is 1. The van der Waals surface area contributed by atoms with E-state index in [0.29, 0.717) is 6.54 Å². The molecule has 0 aromatic heterocycles. The van der Waals surface area contributed by atoms with Gasteiger partial charge in [-0.1, -0.05) is 18.2 Å². The number of nitrogens with zero attached hydrogens (tertiary/aromatic N) is 2. The number of para-hydroxylation sites is 1. The second kappa shape index (κ2) is 6.20. The molecule has 0 aliphatic heterocycles. The van der Waals surface area contributed by atoms with Gasteiger partial charge in [0, 0.05) is 12.6 Å². The van der Waals surface area contributed by atoms with Gasteiger partial charge < -0.3 is 4.90 Å². The van der Waals surface area contributed by atoms with E-state index in [1.807, 2.05) is 56.3 Å². The van der Waals surface area contributed by atoms with Crippen molar-refractivity contribution in [3.8, 4) is 0 Å². The average molecular weight is 270 g/mol. The zero-order chi connectivity index (χ0) is 13.8. The quantitative estimate of drug-likeness (QED) is 0.791. The first-order valence-corrected chi connectivity index (χ1v) is 7.71. The van der Waals surface area contributed by atoms with Crippen LogP contribution >= 0.6 is 0 Å². The first-order valence-electron chi connectivity index (χ1n) is 6.10. The smallest absolute Gasteiger partial charge is 0.234 e. The van der Waals surface area contributed by atoms with E-state index in [1.165, 1.54) is 4.31 Å². The lowest BCUT2D eigenvalue weighted by Crippen LogP contribution is -2.42. The molecule has 0 saturated heterocycles. The highest BCUT2D eigenvalue weighted by Gasteiger charge is 2.23. The maximum Gasteiger partial charge on any atom is 0.234 e. The lowest BCUT2D eigenvalue weighted by atomic mass is 10.3. The van der Waals surface area contributed by atoms with E-state index in [9.17, 15) is 8.42 Å². The Labute approximate surface area is 110 Å². The van der Waals surface area contributed by atoms with Gasteiger partial charge in [-0.3, -0.25) is 4.31 Å². The van der Waals surface area contributed by atoms with E-state index in [-0.39, 0.29) is 11.8 Å². The largest absolute Gasteiger partial charge is 0.305 e. The van der Waals surface area contributed by atoms with E-state index in [4.69, 9.17) is 0 Å². The molecule has 0 saturated carbocycles. The molecule has 0 bridgehead atoms. The number of hydrogen-bond donors (Lipinski definition) is 0. The number of rotatable bonds is 6. The Balaban J connectivity index is 3.05. The minimum atomic E-state index is -3.24. The molecule has 1 unspecified atom stereocenters. The van der Waals surface area contributed by atoms with Gasteiger partial charge in [0.15, 0.2) is 0 Å². The molecule has 1 rings (SSSR count). The van der Waals surface area contributed by atoms with Crippen LogP contribution in [0.3, 0.4) is 0 Å². The highest BCUT2D eigenvalue weighted by Crippen LogP contribution is 2.18. The summed E-state index contributed by atoms with van der Waals surface area (Å²) in [6.45, 7) is 4.15. The van der Waals surface area contributed by atoms with Gasteiger partial charge >= 0.3 is 0 Å². The fourth-order valence-electron chi connectivity index (χ4n) is 1.53. The molecule has 0 N–H and O–H groups in total. The summed E-state index contributed by atoms with van der Waals surface area (Å²) in [6, 6.07) is 9.41. The number of sulfonamides is 1. The van der Waals surface area contributed by atoms with E-state index in [2.05, 4.69) is 0 Å². The molecule has 0 aliphatic carbocycles. The number of anilines is 1. The van der Waals surface area contributed by atoms with Crippen molar-refractivity contribution in [2.45, 2.75) is 19.9 Å². The van der Waals surface area contributed by atoms with Crippen molar-refractivity contribution >= 4 is 15.7 Å². The van der Waals surface area contributed by atoms with Gasteiger partial charge in [-0.2, -0.15) is 0 Å². The van der Waals surface area contributed by atoms with Crippen LogP contribution < -0.4 is 4.31 Å². The maximum atomic E-state index is 12.2. The molecule has 5 heteroatoms. The van der Waals surface area contributed by atoms with Crippen molar-refractivity contribution in [1.82, 2.24) is 4.90 Å². The molecule has 0 amide bonds. The Kier molecular flexibility index (Phi) is 5.16. The molecule has 0 aliphatic rings. The molecular formula is C13H22N2O2S. The van der Waals surface area contributed by atoms with Gasteiger partial charge in [0.2, 0.25) is 10.0 Å². The summed E-state index contributed by atoms with van der Waals surface area (Å²) in [7, 11) is 0.666. The molecule has 18 heavy (non-hydrogen) atoms. The summed E-state index contributed by atoms with van der Waals surface area (Å²) in [4.78, 5) is 2.02. The predicted molar refractivity (Wildman–Crippen MR) is 76.4 cm³/mol. The molecular weight excluding hydrogens is 248 g/mol. The van der Waals surface area contributed by atoms with Crippen LogP contribution in [0.15, 0.2) is 30.3 Å². The number of hydrogen-bond acceptors (Lipinski definition) is 3. The van der Waals surface area contributed by atoms with Crippen LogP contribution in [0.5, 0.6) is 0 Å². The van der Waals surface area contributed by atoms with Gasteiger partial charge in [-0.25, -0.2) is 8.42 Å². The molecule has 1 aromatic carbocycles. The van der Waals surface area contributed by atoms with Crippen LogP contribution in [-0.2, 0) is 10.0 Å². The standard InChI is InChI=1S/C13H22N2O2S/c1-5-18(16,17)15(11-12(2)14(3)4)13-9-7-6-8-10-13/h6-10,12H,5,11H2,1-4H3. The lowest BCUT2D eigenvalue weighted by Gasteiger charge is -2.29. The third-order valence-corrected chi connectivity index (χ3v) is 4.82. The topological polar surface area (TPSA) is 40.6 Å². The van der Waals surface area contributed by atoms with Crippen molar-refractivity contribution in [2.24, 2.45) is 0 Å². The highest BCUT2D eigenvalue weighted by atomic mass is 32.2. The average Bonchev–Trinajstić information content (AvgIpc) is 2.36.